The summed E-state index contributed by atoms with van der Waals surface area (Å²) in [5.74, 6) is -1.57. The van der Waals surface area contributed by atoms with Crippen molar-refractivity contribution in [3.63, 3.8) is 0 Å². The Hall–Kier alpha value is -2.97. The summed E-state index contributed by atoms with van der Waals surface area (Å²) >= 11 is 11.0. The molecule has 2 aromatic rings. The molecular weight excluding hydrogens is 388 g/mol. The van der Waals surface area contributed by atoms with E-state index >= 15 is 0 Å². The molecule has 0 aliphatic rings. The zero-order chi connectivity index (χ0) is 19.8. The molecule has 2 rings (SSSR count). The van der Waals surface area contributed by atoms with E-state index in [1.165, 1.54) is 0 Å². The standard InChI is InChI=1S/C18H17ClN4O3S/c1-11(12-2-6-14(19)7-3-12)22-23-18(27)21-15-8-4-13(5-9-15)17(26)20-10-16(24)25/h2-9H,10H2,1H3,(H,20,26)(H,24,25)(H2,21,23,27)/b22-11+. The van der Waals surface area contributed by atoms with Crippen LogP contribution in [0.25, 0.3) is 0 Å². The fraction of sp³-hybridized carbons (Fsp3) is 0.111. The van der Waals surface area contributed by atoms with Crippen LogP contribution in [0.3, 0.4) is 0 Å². The number of carboxylic acids is 1. The van der Waals surface area contributed by atoms with Crippen LogP contribution in [-0.4, -0.2) is 34.4 Å². The lowest BCUT2D eigenvalue weighted by atomic mass is 10.1. The minimum absolute atomic E-state index is 0.284. The molecule has 0 heterocycles. The molecule has 0 atom stereocenters. The molecule has 0 aromatic heterocycles. The predicted octanol–water partition coefficient (Wildman–Crippen LogP) is 2.87. The normalized spacial score (nSPS) is 10.8. The number of nitrogens with zero attached hydrogens (tertiary/aromatic N) is 1. The molecule has 0 unspecified atom stereocenters. The molecule has 0 radical (unpaired) electrons. The van der Waals surface area contributed by atoms with Gasteiger partial charge in [-0.1, -0.05) is 23.7 Å². The summed E-state index contributed by atoms with van der Waals surface area (Å²) in [7, 11) is 0. The van der Waals surface area contributed by atoms with E-state index in [1.54, 1.807) is 36.4 Å². The SMILES string of the molecule is C/C(=N\NC(=S)Nc1ccc(C(=O)NCC(=O)O)cc1)c1ccc(Cl)cc1. The topological polar surface area (TPSA) is 103 Å². The first-order chi connectivity index (χ1) is 12.8. The maximum atomic E-state index is 11.8. The summed E-state index contributed by atoms with van der Waals surface area (Å²) in [6.45, 7) is 1.40. The smallest absolute Gasteiger partial charge is 0.322 e. The molecule has 0 saturated carbocycles. The van der Waals surface area contributed by atoms with E-state index in [-0.39, 0.29) is 5.11 Å². The van der Waals surface area contributed by atoms with Gasteiger partial charge in [0.15, 0.2) is 5.11 Å². The Bertz CT molecular complexity index is 867. The zero-order valence-electron chi connectivity index (χ0n) is 14.3. The Morgan fingerprint density at radius 3 is 2.26 bits per heavy atom. The molecule has 0 fully saturated rings. The molecular formula is C18H17ClN4O3S. The van der Waals surface area contributed by atoms with Gasteiger partial charge in [0.25, 0.3) is 5.91 Å². The van der Waals surface area contributed by atoms with Gasteiger partial charge < -0.3 is 15.7 Å². The first kappa shape index (κ1) is 20.3. The highest BCUT2D eigenvalue weighted by atomic mass is 35.5. The van der Waals surface area contributed by atoms with Crippen LogP contribution < -0.4 is 16.1 Å². The van der Waals surface area contributed by atoms with Gasteiger partial charge in [-0.2, -0.15) is 5.10 Å². The lowest BCUT2D eigenvalue weighted by Crippen LogP contribution is -2.29. The van der Waals surface area contributed by atoms with Crippen LogP contribution in [0.4, 0.5) is 5.69 Å². The number of hydrogen-bond donors (Lipinski definition) is 4. The van der Waals surface area contributed by atoms with Crippen molar-refractivity contribution in [2.75, 3.05) is 11.9 Å². The minimum Gasteiger partial charge on any atom is -0.480 e. The maximum Gasteiger partial charge on any atom is 0.322 e. The summed E-state index contributed by atoms with van der Waals surface area (Å²) < 4.78 is 0. The second-order valence-electron chi connectivity index (χ2n) is 5.42. The van der Waals surface area contributed by atoms with Crippen molar-refractivity contribution < 1.29 is 14.7 Å². The number of carboxylic acid groups (broad SMARTS) is 1. The average Bonchev–Trinajstić information content (AvgIpc) is 2.65. The lowest BCUT2D eigenvalue weighted by Gasteiger charge is -2.09. The van der Waals surface area contributed by atoms with Crippen LogP contribution in [0, 0.1) is 0 Å². The second-order valence-corrected chi connectivity index (χ2v) is 6.27. The number of aliphatic carboxylic acids is 1. The van der Waals surface area contributed by atoms with E-state index < -0.39 is 18.4 Å². The number of thiocarbonyl (C=S) groups is 1. The first-order valence-corrected chi connectivity index (χ1v) is 8.61. The van der Waals surface area contributed by atoms with E-state index in [0.29, 0.717) is 16.3 Å². The van der Waals surface area contributed by atoms with Gasteiger partial charge in [-0.05, 0) is 61.1 Å². The van der Waals surface area contributed by atoms with Crippen molar-refractivity contribution in [2.45, 2.75) is 6.92 Å². The average molecular weight is 405 g/mol. The third kappa shape index (κ3) is 6.69. The molecule has 7 nitrogen and oxygen atoms in total. The number of hydrogen-bond acceptors (Lipinski definition) is 4. The lowest BCUT2D eigenvalue weighted by molar-refractivity contribution is -0.135. The number of halogens is 1. The summed E-state index contributed by atoms with van der Waals surface area (Å²) in [6.07, 6.45) is 0. The van der Waals surface area contributed by atoms with E-state index in [0.717, 1.165) is 11.3 Å². The number of nitrogens with one attached hydrogen (secondary N) is 3. The van der Waals surface area contributed by atoms with Crippen molar-refractivity contribution >= 4 is 52.2 Å². The molecule has 4 N–H and O–H groups in total. The highest BCUT2D eigenvalue weighted by Gasteiger charge is 2.07. The summed E-state index contributed by atoms with van der Waals surface area (Å²) in [5.41, 5.74) is 5.39. The number of carbonyl (C=O) groups excluding carboxylic acids is 1. The number of anilines is 1. The molecule has 27 heavy (non-hydrogen) atoms. The molecule has 140 valence electrons. The summed E-state index contributed by atoms with van der Waals surface area (Å²) in [5, 5.41) is 18.9. The van der Waals surface area contributed by atoms with Crippen molar-refractivity contribution in [3.05, 3.63) is 64.7 Å². The highest BCUT2D eigenvalue weighted by molar-refractivity contribution is 7.80. The van der Waals surface area contributed by atoms with Crippen LogP contribution in [0.15, 0.2) is 53.6 Å². The number of carbonyl (C=O) groups is 2. The van der Waals surface area contributed by atoms with E-state index in [2.05, 4.69) is 21.2 Å². The number of amides is 1. The van der Waals surface area contributed by atoms with Crippen molar-refractivity contribution in [2.24, 2.45) is 5.10 Å². The Kier molecular flexibility index (Phi) is 7.27. The molecule has 0 spiro atoms. The number of benzene rings is 2. The van der Waals surface area contributed by atoms with Crippen LogP contribution >= 0.6 is 23.8 Å². The van der Waals surface area contributed by atoms with Gasteiger partial charge >= 0.3 is 5.97 Å². The third-order valence-electron chi connectivity index (χ3n) is 3.39. The van der Waals surface area contributed by atoms with Gasteiger partial charge in [-0.3, -0.25) is 15.0 Å². The predicted molar refractivity (Wildman–Crippen MR) is 109 cm³/mol. The highest BCUT2D eigenvalue weighted by Crippen LogP contribution is 2.11. The van der Waals surface area contributed by atoms with Gasteiger partial charge in [0.2, 0.25) is 0 Å². The van der Waals surface area contributed by atoms with Crippen LogP contribution in [0.5, 0.6) is 0 Å². The fourth-order valence-corrected chi connectivity index (χ4v) is 2.30. The van der Waals surface area contributed by atoms with Gasteiger partial charge in [-0.25, -0.2) is 0 Å². The zero-order valence-corrected chi connectivity index (χ0v) is 15.9. The monoisotopic (exact) mass is 404 g/mol. The fourth-order valence-electron chi connectivity index (χ4n) is 2.01. The van der Waals surface area contributed by atoms with Gasteiger partial charge in [0.1, 0.15) is 6.54 Å². The summed E-state index contributed by atoms with van der Waals surface area (Å²) in [6, 6.07) is 13.7. The third-order valence-corrected chi connectivity index (χ3v) is 3.84. The maximum absolute atomic E-state index is 11.8. The van der Waals surface area contributed by atoms with Gasteiger partial charge in [0.05, 0.1) is 5.71 Å². The van der Waals surface area contributed by atoms with Crippen molar-refractivity contribution in [1.29, 1.82) is 0 Å². The second kappa shape index (κ2) is 9.65. The summed E-state index contributed by atoms with van der Waals surface area (Å²) in [4.78, 5) is 22.2. The molecule has 9 heteroatoms. The minimum atomic E-state index is -1.10. The Morgan fingerprint density at radius 1 is 1.07 bits per heavy atom. The van der Waals surface area contributed by atoms with Crippen LogP contribution in [0.1, 0.15) is 22.8 Å². The van der Waals surface area contributed by atoms with Crippen molar-refractivity contribution in [1.82, 2.24) is 10.7 Å². The van der Waals surface area contributed by atoms with Gasteiger partial charge in [0, 0.05) is 16.3 Å². The van der Waals surface area contributed by atoms with E-state index in [4.69, 9.17) is 28.9 Å². The van der Waals surface area contributed by atoms with E-state index in [1.807, 2.05) is 19.1 Å². The largest absolute Gasteiger partial charge is 0.480 e. The Balaban J connectivity index is 1.90. The van der Waals surface area contributed by atoms with Crippen LogP contribution in [0.2, 0.25) is 5.02 Å². The van der Waals surface area contributed by atoms with E-state index in [9.17, 15) is 9.59 Å². The van der Waals surface area contributed by atoms with Gasteiger partial charge in [-0.15, -0.1) is 0 Å². The number of hydrazone groups is 1. The Morgan fingerprint density at radius 2 is 1.67 bits per heavy atom. The number of rotatable bonds is 6. The Labute approximate surface area is 166 Å². The molecule has 0 saturated heterocycles. The van der Waals surface area contributed by atoms with Crippen LogP contribution in [-0.2, 0) is 4.79 Å². The van der Waals surface area contributed by atoms with Crippen molar-refractivity contribution in [3.8, 4) is 0 Å². The first-order valence-electron chi connectivity index (χ1n) is 7.82. The molecule has 0 aliphatic carbocycles. The molecule has 0 aliphatic heterocycles. The molecule has 1 amide bonds. The molecule has 2 aromatic carbocycles. The molecule has 0 bridgehead atoms. The quantitative estimate of drug-likeness (QED) is 0.335.